The van der Waals surface area contributed by atoms with Crippen molar-refractivity contribution in [2.45, 2.75) is 33.1 Å². The van der Waals surface area contributed by atoms with E-state index in [1.807, 2.05) is 51.1 Å². The first-order valence-corrected chi connectivity index (χ1v) is 13.7. The average Bonchev–Trinajstić information content (AvgIpc) is 3.37. The highest BCUT2D eigenvalue weighted by molar-refractivity contribution is 6.45. The van der Waals surface area contributed by atoms with Gasteiger partial charge in [-0.1, -0.05) is 44.0 Å². The largest absolute Gasteiger partial charge is 0.497 e. The smallest absolute Gasteiger partial charge is 0.324 e. The van der Waals surface area contributed by atoms with Crippen LogP contribution < -0.4 is 30.7 Å². The number of ether oxygens (including phenoxy) is 2. The Bertz CT molecular complexity index is 1580. The molecule has 42 heavy (non-hydrogen) atoms. The maximum atomic E-state index is 13.1. The van der Waals surface area contributed by atoms with Gasteiger partial charge in [0, 0.05) is 30.3 Å². The second-order valence-corrected chi connectivity index (χ2v) is 10.8. The molecule has 0 saturated carbocycles. The van der Waals surface area contributed by atoms with E-state index in [0.29, 0.717) is 29.7 Å². The van der Waals surface area contributed by atoms with Gasteiger partial charge in [0.25, 0.3) is 0 Å². The molecule has 0 bridgehead atoms. The fraction of sp³-hybridized carbons (Fsp3) is 0.241. The number of rotatable bonds is 8. The van der Waals surface area contributed by atoms with Gasteiger partial charge in [0.05, 0.1) is 29.2 Å². The Morgan fingerprint density at radius 2 is 1.64 bits per heavy atom. The van der Waals surface area contributed by atoms with Crippen molar-refractivity contribution in [1.82, 2.24) is 20.1 Å². The van der Waals surface area contributed by atoms with E-state index >= 15 is 0 Å². The fourth-order valence-electron chi connectivity index (χ4n) is 3.72. The molecule has 2 heterocycles. The Balaban J connectivity index is 1.50. The molecule has 0 radical (unpaired) electrons. The number of nitrogens with one attached hydrogen (secondary N) is 4. The van der Waals surface area contributed by atoms with E-state index in [-0.39, 0.29) is 26.9 Å². The summed E-state index contributed by atoms with van der Waals surface area (Å²) in [7, 11) is 1.59. The third-order valence-electron chi connectivity index (χ3n) is 5.87. The Labute approximate surface area is 253 Å². The third-order valence-corrected chi connectivity index (χ3v) is 6.73. The molecule has 0 saturated heterocycles. The topological polar surface area (TPSA) is 131 Å². The van der Waals surface area contributed by atoms with Crippen LogP contribution in [0.25, 0.3) is 5.69 Å². The number of pyridine rings is 1. The zero-order valence-corrected chi connectivity index (χ0v) is 25.2. The van der Waals surface area contributed by atoms with Crippen molar-refractivity contribution in [3.63, 3.8) is 0 Å². The summed E-state index contributed by atoms with van der Waals surface area (Å²) in [5.74, 6) is 2.07. The Morgan fingerprint density at radius 3 is 2.31 bits per heavy atom. The fourth-order valence-corrected chi connectivity index (χ4v) is 4.13. The van der Waals surface area contributed by atoms with Crippen LogP contribution in [0.15, 0.2) is 60.8 Å². The molecule has 4 rings (SSSR count). The summed E-state index contributed by atoms with van der Waals surface area (Å²) in [6.07, 6.45) is 1.48. The maximum Gasteiger partial charge on any atom is 0.324 e. The molecule has 2 aromatic carbocycles. The summed E-state index contributed by atoms with van der Waals surface area (Å²) in [6.45, 7) is 8.39. The van der Waals surface area contributed by atoms with Gasteiger partial charge in [-0.25, -0.2) is 19.3 Å². The number of aromatic nitrogens is 3. The Morgan fingerprint density at radius 1 is 0.905 bits per heavy atom. The predicted molar refractivity (Wildman–Crippen MR) is 165 cm³/mol. The minimum absolute atomic E-state index is 0.0816. The highest BCUT2D eigenvalue weighted by Gasteiger charge is 2.22. The SMILES string of the molecule is CCNC(=O)Nc1cc(Oc2ccc(NC(=O)Nc3cc(C(C)(C)C)nn3-c3ccc(OC)cc3)c(Cl)c2Cl)ccn1. The monoisotopic (exact) mass is 611 g/mol. The maximum absolute atomic E-state index is 13.1. The van der Waals surface area contributed by atoms with E-state index in [9.17, 15) is 9.59 Å². The van der Waals surface area contributed by atoms with Crippen LogP contribution in [-0.4, -0.2) is 40.5 Å². The average molecular weight is 613 g/mol. The minimum atomic E-state index is -0.549. The van der Waals surface area contributed by atoms with E-state index < -0.39 is 12.1 Å². The lowest BCUT2D eigenvalue weighted by molar-refractivity contribution is 0.252. The molecule has 0 aliphatic heterocycles. The number of benzene rings is 2. The number of halogens is 2. The summed E-state index contributed by atoms with van der Waals surface area (Å²) in [6, 6.07) is 14.5. The standard InChI is InChI=1S/C29H31Cl2N7O4/c1-6-32-27(39)35-23-15-19(13-14-33-23)42-21-12-11-20(25(30)26(21)31)34-28(40)36-24-16-22(29(2,3)4)37-38(24)17-7-9-18(41-5)10-8-17/h7-16H,6H2,1-5H3,(H2,34,36,40)(H2,32,33,35,39). The number of urea groups is 2. The predicted octanol–water partition coefficient (Wildman–Crippen LogP) is 7.46. The van der Waals surface area contributed by atoms with Crippen LogP contribution >= 0.6 is 23.2 Å². The summed E-state index contributed by atoms with van der Waals surface area (Å²) in [4.78, 5) is 29.0. The highest BCUT2D eigenvalue weighted by atomic mass is 35.5. The molecule has 0 spiro atoms. The number of carbonyl (C=O) groups excluding carboxylic acids is 2. The summed E-state index contributed by atoms with van der Waals surface area (Å²) < 4.78 is 12.8. The molecule has 4 aromatic rings. The lowest BCUT2D eigenvalue weighted by atomic mass is 9.92. The van der Waals surface area contributed by atoms with Crippen LogP contribution in [0.1, 0.15) is 33.4 Å². The number of nitrogens with zero attached hydrogens (tertiary/aromatic N) is 3. The van der Waals surface area contributed by atoms with Crippen molar-refractivity contribution in [2.24, 2.45) is 0 Å². The molecule has 4 N–H and O–H groups in total. The van der Waals surface area contributed by atoms with Crippen LogP contribution in [0, 0.1) is 0 Å². The molecule has 13 heteroatoms. The van der Waals surface area contributed by atoms with E-state index in [1.165, 1.54) is 12.3 Å². The number of methoxy groups -OCH3 is 1. The van der Waals surface area contributed by atoms with Gasteiger partial charge in [0.2, 0.25) is 0 Å². The van der Waals surface area contributed by atoms with Crippen molar-refractivity contribution in [1.29, 1.82) is 0 Å². The Hall–Kier alpha value is -4.48. The van der Waals surface area contributed by atoms with Crippen molar-refractivity contribution in [2.75, 3.05) is 29.6 Å². The molecule has 0 unspecified atom stereocenters. The van der Waals surface area contributed by atoms with Gasteiger partial charge in [0.1, 0.15) is 33.9 Å². The van der Waals surface area contributed by atoms with E-state index in [0.717, 1.165) is 11.4 Å². The van der Waals surface area contributed by atoms with Crippen molar-refractivity contribution >= 4 is 52.6 Å². The van der Waals surface area contributed by atoms with Crippen LogP contribution in [0.4, 0.5) is 26.9 Å². The van der Waals surface area contributed by atoms with Crippen LogP contribution in [0.3, 0.4) is 0 Å². The lowest BCUT2D eigenvalue weighted by Crippen LogP contribution is -2.28. The summed E-state index contributed by atoms with van der Waals surface area (Å²) in [5.41, 5.74) is 1.54. The van der Waals surface area contributed by atoms with Gasteiger partial charge in [-0.05, 0) is 49.4 Å². The lowest BCUT2D eigenvalue weighted by Gasteiger charge is -2.14. The molecule has 0 aliphatic carbocycles. The zero-order chi connectivity index (χ0) is 30.4. The molecule has 11 nitrogen and oxygen atoms in total. The molecule has 0 fully saturated rings. The minimum Gasteiger partial charge on any atom is -0.497 e. The molecule has 220 valence electrons. The summed E-state index contributed by atoms with van der Waals surface area (Å²) >= 11 is 13.0. The van der Waals surface area contributed by atoms with Crippen LogP contribution in [-0.2, 0) is 5.41 Å². The van der Waals surface area contributed by atoms with Gasteiger partial charge in [0.15, 0.2) is 0 Å². The van der Waals surface area contributed by atoms with Crippen molar-refractivity contribution in [3.05, 3.63) is 76.5 Å². The first kappa shape index (κ1) is 30.5. The number of amides is 4. The number of hydrogen-bond acceptors (Lipinski definition) is 6. The Kier molecular flexibility index (Phi) is 9.44. The van der Waals surface area contributed by atoms with Gasteiger partial charge < -0.3 is 20.1 Å². The molecular formula is C29H31Cl2N7O4. The van der Waals surface area contributed by atoms with Crippen molar-refractivity contribution < 1.29 is 19.1 Å². The van der Waals surface area contributed by atoms with Gasteiger partial charge in [-0.2, -0.15) is 5.10 Å². The first-order chi connectivity index (χ1) is 20.0. The van der Waals surface area contributed by atoms with Gasteiger partial charge >= 0.3 is 12.1 Å². The number of anilines is 3. The van der Waals surface area contributed by atoms with E-state index in [1.54, 1.807) is 36.9 Å². The normalized spacial score (nSPS) is 11.0. The third kappa shape index (κ3) is 7.42. The molecule has 0 aliphatic rings. The van der Waals surface area contributed by atoms with Crippen LogP contribution in [0.2, 0.25) is 10.0 Å². The van der Waals surface area contributed by atoms with Gasteiger partial charge in [-0.15, -0.1) is 0 Å². The summed E-state index contributed by atoms with van der Waals surface area (Å²) in [5, 5.41) is 15.7. The second-order valence-electron chi connectivity index (χ2n) is 10.1. The highest BCUT2D eigenvalue weighted by Crippen LogP contribution is 2.40. The molecule has 0 atom stereocenters. The molecule has 4 amide bonds. The van der Waals surface area contributed by atoms with E-state index in [4.69, 9.17) is 37.8 Å². The quantitative estimate of drug-likeness (QED) is 0.163. The van der Waals surface area contributed by atoms with Gasteiger partial charge in [-0.3, -0.25) is 10.6 Å². The molecule has 2 aromatic heterocycles. The second kappa shape index (κ2) is 13.0. The zero-order valence-electron chi connectivity index (χ0n) is 23.7. The van der Waals surface area contributed by atoms with E-state index in [2.05, 4.69) is 26.3 Å². The number of carbonyl (C=O) groups is 2. The number of hydrogen-bond donors (Lipinski definition) is 4. The van der Waals surface area contributed by atoms with Crippen molar-refractivity contribution in [3.8, 4) is 22.9 Å². The van der Waals surface area contributed by atoms with Crippen LogP contribution in [0.5, 0.6) is 17.2 Å². The first-order valence-electron chi connectivity index (χ1n) is 13.0. The molecular weight excluding hydrogens is 581 g/mol.